The van der Waals surface area contributed by atoms with Crippen molar-refractivity contribution in [1.29, 1.82) is 0 Å². The molecule has 54 heavy (non-hydrogen) atoms. The summed E-state index contributed by atoms with van der Waals surface area (Å²) in [6.45, 7) is 0. The van der Waals surface area contributed by atoms with Crippen molar-refractivity contribution in [1.82, 2.24) is 9.97 Å². The third-order valence-electron chi connectivity index (χ3n) is 11.3. The van der Waals surface area contributed by atoms with Crippen LogP contribution in [0.4, 0.5) is 17.1 Å². The largest absolute Gasteiger partial charge is 0.310 e. The Labute approximate surface area is 314 Å². The predicted octanol–water partition coefficient (Wildman–Crippen LogP) is 12.8. The molecule has 0 atom stereocenters. The Morgan fingerprint density at radius 1 is 0.370 bits per heavy atom. The average Bonchev–Trinajstić information content (AvgIpc) is 3.55. The average molecular weight is 688 g/mol. The zero-order valence-electron chi connectivity index (χ0n) is 29.4. The minimum absolute atomic E-state index is 0.618. The van der Waals surface area contributed by atoms with E-state index in [1.54, 1.807) is 0 Å². The molecule has 1 aromatic heterocycles. The summed E-state index contributed by atoms with van der Waals surface area (Å²) in [6, 6.07) is 71.9. The molecule has 9 aromatic rings. The lowest BCUT2D eigenvalue weighted by molar-refractivity contribution is 0.753. The molecule has 0 amide bonds. The Kier molecular flexibility index (Phi) is 6.77. The second-order valence-electron chi connectivity index (χ2n) is 14.1. The number of para-hydroxylation sites is 4. The quantitative estimate of drug-likeness (QED) is 0.184. The van der Waals surface area contributed by atoms with E-state index in [4.69, 9.17) is 9.97 Å². The van der Waals surface area contributed by atoms with Gasteiger partial charge in [-0.15, -0.1) is 0 Å². The van der Waals surface area contributed by atoms with E-state index < -0.39 is 5.41 Å². The highest BCUT2D eigenvalue weighted by Gasteiger charge is 2.53. The highest BCUT2D eigenvalue weighted by Crippen LogP contribution is 2.64. The molecule has 3 nitrogen and oxygen atoms in total. The summed E-state index contributed by atoms with van der Waals surface area (Å²) in [7, 11) is 0. The SMILES string of the molecule is c1ccc(-c2ccc(-c3nc(-c4cccc5c4C4(c6ccccc6-5)c5ccccc5N(c5ccccc5)c5ccccc54)nc4ccccc34)cc2)cc1. The van der Waals surface area contributed by atoms with Crippen LogP contribution in [0, 0.1) is 0 Å². The molecule has 1 aliphatic carbocycles. The van der Waals surface area contributed by atoms with Gasteiger partial charge in [0.15, 0.2) is 5.82 Å². The second kappa shape index (κ2) is 12.0. The number of benzene rings is 8. The second-order valence-corrected chi connectivity index (χ2v) is 14.1. The van der Waals surface area contributed by atoms with Crippen molar-refractivity contribution in [3.8, 4) is 44.9 Å². The van der Waals surface area contributed by atoms with Crippen molar-refractivity contribution in [2.45, 2.75) is 5.41 Å². The van der Waals surface area contributed by atoms with Crippen LogP contribution in [0.3, 0.4) is 0 Å². The molecule has 0 saturated heterocycles. The number of hydrogen-bond donors (Lipinski definition) is 0. The summed E-state index contributed by atoms with van der Waals surface area (Å²) in [5.74, 6) is 0.723. The number of hydrogen-bond acceptors (Lipinski definition) is 3. The summed E-state index contributed by atoms with van der Waals surface area (Å²) in [6.07, 6.45) is 0. The van der Waals surface area contributed by atoms with Gasteiger partial charge in [0.25, 0.3) is 0 Å². The standard InChI is InChI=1S/C51H33N3/c1-3-16-34(17-4-1)35-30-32-36(33-31-35)49-40-21-8-12-27-45(40)52-50(53-49)41-23-15-22-39-38-20-7-9-24-42(38)51(48(39)41)43-25-10-13-28-46(43)54(37-18-5-2-6-19-37)47-29-14-11-26-44(47)51/h1-33H. The topological polar surface area (TPSA) is 29.0 Å². The van der Waals surface area contributed by atoms with Gasteiger partial charge in [0.1, 0.15) is 0 Å². The molecule has 2 aliphatic rings. The normalized spacial score (nSPS) is 13.3. The minimum Gasteiger partial charge on any atom is -0.310 e. The number of nitrogens with zero attached hydrogens (tertiary/aromatic N) is 3. The lowest BCUT2D eigenvalue weighted by Crippen LogP contribution is -2.36. The molecule has 8 aromatic carbocycles. The van der Waals surface area contributed by atoms with Crippen LogP contribution >= 0.6 is 0 Å². The van der Waals surface area contributed by atoms with Crippen LogP contribution in [0.2, 0.25) is 0 Å². The van der Waals surface area contributed by atoms with E-state index in [1.807, 2.05) is 0 Å². The van der Waals surface area contributed by atoms with Crippen LogP contribution in [-0.4, -0.2) is 9.97 Å². The van der Waals surface area contributed by atoms with Crippen LogP contribution < -0.4 is 4.90 Å². The molecule has 1 aliphatic heterocycles. The van der Waals surface area contributed by atoms with Crippen LogP contribution in [0.1, 0.15) is 22.3 Å². The van der Waals surface area contributed by atoms with E-state index in [0.717, 1.165) is 39.2 Å². The highest BCUT2D eigenvalue weighted by atomic mass is 15.2. The summed E-state index contributed by atoms with van der Waals surface area (Å²) < 4.78 is 0. The van der Waals surface area contributed by atoms with Crippen molar-refractivity contribution in [3.05, 3.63) is 222 Å². The van der Waals surface area contributed by atoms with Crippen LogP contribution in [0.25, 0.3) is 55.8 Å². The third-order valence-corrected chi connectivity index (χ3v) is 11.3. The smallest absolute Gasteiger partial charge is 0.160 e. The van der Waals surface area contributed by atoms with Crippen molar-refractivity contribution in [2.75, 3.05) is 4.90 Å². The van der Waals surface area contributed by atoms with Gasteiger partial charge in [0.2, 0.25) is 0 Å². The van der Waals surface area contributed by atoms with Gasteiger partial charge >= 0.3 is 0 Å². The van der Waals surface area contributed by atoms with E-state index >= 15 is 0 Å². The lowest BCUT2D eigenvalue weighted by atomic mass is 9.63. The number of rotatable bonds is 4. The van der Waals surface area contributed by atoms with Gasteiger partial charge in [0, 0.05) is 22.2 Å². The maximum absolute atomic E-state index is 5.52. The molecule has 0 bridgehead atoms. The van der Waals surface area contributed by atoms with Crippen molar-refractivity contribution >= 4 is 28.0 Å². The Morgan fingerprint density at radius 3 is 1.65 bits per heavy atom. The Balaban J connectivity index is 1.20. The molecule has 2 heterocycles. The zero-order valence-corrected chi connectivity index (χ0v) is 29.4. The first kappa shape index (κ1) is 30.5. The molecule has 3 heteroatoms. The molecule has 1 spiro atoms. The summed E-state index contributed by atoms with van der Waals surface area (Å²) in [5, 5.41) is 1.03. The summed E-state index contributed by atoms with van der Waals surface area (Å²) >= 11 is 0. The molecule has 11 rings (SSSR count). The molecule has 0 fully saturated rings. The first-order valence-electron chi connectivity index (χ1n) is 18.5. The first-order chi connectivity index (χ1) is 26.8. The van der Waals surface area contributed by atoms with E-state index in [1.165, 1.54) is 55.9 Å². The van der Waals surface area contributed by atoms with Gasteiger partial charge in [-0.05, 0) is 74.8 Å². The monoisotopic (exact) mass is 687 g/mol. The number of anilines is 3. The Bertz CT molecular complexity index is 2830. The van der Waals surface area contributed by atoms with Crippen molar-refractivity contribution in [2.24, 2.45) is 0 Å². The third kappa shape index (κ3) is 4.36. The van der Waals surface area contributed by atoms with Crippen molar-refractivity contribution in [3.63, 3.8) is 0 Å². The number of fused-ring (bicyclic) bond motifs is 10. The number of aromatic nitrogens is 2. The first-order valence-corrected chi connectivity index (χ1v) is 18.5. The van der Waals surface area contributed by atoms with Gasteiger partial charge in [-0.25, -0.2) is 9.97 Å². The summed E-state index contributed by atoms with van der Waals surface area (Å²) in [4.78, 5) is 13.3. The Morgan fingerprint density at radius 2 is 0.907 bits per heavy atom. The molecule has 252 valence electrons. The summed E-state index contributed by atoms with van der Waals surface area (Å²) in [5.41, 5.74) is 16.6. The minimum atomic E-state index is -0.618. The van der Waals surface area contributed by atoms with Crippen LogP contribution in [0.5, 0.6) is 0 Å². The van der Waals surface area contributed by atoms with Gasteiger partial charge < -0.3 is 4.90 Å². The molecule has 0 saturated carbocycles. The fourth-order valence-electron chi connectivity index (χ4n) is 9.08. The van der Waals surface area contributed by atoms with Gasteiger partial charge in [-0.1, -0.05) is 170 Å². The predicted molar refractivity (Wildman–Crippen MR) is 221 cm³/mol. The lowest BCUT2D eigenvalue weighted by Gasteiger charge is -2.45. The molecular weight excluding hydrogens is 655 g/mol. The van der Waals surface area contributed by atoms with Crippen LogP contribution in [0.15, 0.2) is 200 Å². The van der Waals surface area contributed by atoms with E-state index in [-0.39, 0.29) is 0 Å². The highest BCUT2D eigenvalue weighted by molar-refractivity contribution is 6.00. The van der Waals surface area contributed by atoms with E-state index in [9.17, 15) is 0 Å². The fraction of sp³-hybridized carbons (Fsp3) is 0.0196. The maximum Gasteiger partial charge on any atom is 0.160 e. The molecule has 0 radical (unpaired) electrons. The van der Waals surface area contributed by atoms with Gasteiger partial charge in [-0.3, -0.25) is 0 Å². The Hall–Kier alpha value is -7.10. The molecule has 0 unspecified atom stereocenters. The molecular formula is C51H33N3. The van der Waals surface area contributed by atoms with Crippen molar-refractivity contribution < 1.29 is 0 Å². The van der Waals surface area contributed by atoms with E-state index in [2.05, 4.69) is 205 Å². The zero-order chi connectivity index (χ0) is 35.6. The van der Waals surface area contributed by atoms with Gasteiger partial charge in [0.05, 0.1) is 28.0 Å². The maximum atomic E-state index is 5.52. The van der Waals surface area contributed by atoms with E-state index in [0.29, 0.717) is 0 Å². The van der Waals surface area contributed by atoms with Crippen LogP contribution in [-0.2, 0) is 5.41 Å². The fourth-order valence-corrected chi connectivity index (χ4v) is 9.08. The van der Waals surface area contributed by atoms with Gasteiger partial charge in [-0.2, -0.15) is 0 Å². The molecule has 0 N–H and O–H groups in total.